The summed E-state index contributed by atoms with van der Waals surface area (Å²) in [5.41, 5.74) is 5.54. The lowest BCUT2D eigenvalue weighted by molar-refractivity contribution is 0.183. The van der Waals surface area contributed by atoms with E-state index in [1.54, 1.807) is 4.90 Å². The Morgan fingerprint density at radius 3 is 2.62 bits per heavy atom. The van der Waals surface area contributed by atoms with E-state index in [9.17, 15) is 5.11 Å². The van der Waals surface area contributed by atoms with E-state index in [1.165, 1.54) is 0 Å². The van der Waals surface area contributed by atoms with Gasteiger partial charge in [-0.1, -0.05) is 6.92 Å². The lowest BCUT2D eigenvalue weighted by Crippen LogP contribution is -2.21. The van der Waals surface area contributed by atoms with Crippen molar-refractivity contribution in [1.29, 1.82) is 0 Å². The van der Waals surface area contributed by atoms with Crippen LogP contribution in [0.2, 0.25) is 0 Å². The standard InChI is InChI=1S/C9H18N6O/c1-4-6(16)5-11-8-12-7(10)13-9(14-8)15(2)3/h6,16H,4-5H2,1-3H3,(H3,10,11,12,13,14). The van der Waals surface area contributed by atoms with Crippen molar-refractivity contribution in [2.75, 3.05) is 36.6 Å². The molecule has 1 unspecified atom stereocenters. The van der Waals surface area contributed by atoms with Crippen molar-refractivity contribution in [3.63, 3.8) is 0 Å². The number of nitrogen functional groups attached to an aromatic ring is 1. The summed E-state index contributed by atoms with van der Waals surface area (Å²) in [6, 6.07) is 0. The van der Waals surface area contributed by atoms with Gasteiger partial charge in [-0.2, -0.15) is 15.0 Å². The van der Waals surface area contributed by atoms with Gasteiger partial charge in [0.25, 0.3) is 0 Å². The number of hydrogen-bond donors (Lipinski definition) is 3. The van der Waals surface area contributed by atoms with Gasteiger partial charge < -0.3 is 21.1 Å². The zero-order chi connectivity index (χ0) is 12.1. The monoisotopic (exact) mass is 226 g/mol. The molecule has 0 aromatic carbocycles. The second kappa shape index (κ2) is 5.45. The van der Waals surface area contributed by atoms with E-state index in [1.807, 2.05) is 21.0 Å². The predicted molar refractivity (Wildman–Crippen MR) is 63.4 cm³/mol. The summed E-state index contributed by atoms with van der Waals surface area (Å²) >= 11 is 0. The van der Waals surface area contributed by atoms with Crippen molar-refractivity contribution in [2.24, 2.45) is 0 Å². The van der Waals surface area contributed by atoms with Crippen LogP contribution in [-0.2, 0) is 0 Å². The third-order valence-electron chi connectivity index (χ3n) is 2.01. The highest BCUT2D eigenvalue weighted by atomic mass is 16.3. The molecule has 0 spiro atoms. The Labute approximate surface area is 94.7 Å². The van der Waals surface area contributed by atoms with Crippen LogP contribution in [0.25, 0.3) is 0 Å². The Balaban J connectivity index is 2.72. The third kappa shape index (κ3) is 3.50. The zero-order valence-corrected chi connectivity index (χ0v) is 9.80. The Morgan fingerprint density at radius 1 is 1.38 bits per heavy atom. The van der Waals surface area contributed by atoms with Crippen molar-refractivity contribution < 1.29 is 5.11 Å². The topological polar surface area (TPSA) is 100 Å². The fourth-order valence-electron chi connectivity index (χ4n) is 1.01. The first-order valence-electron chi connectivity index (χ1n) is 5.13. The molecule has 1 heterocycles. The van der Waals surface area contributed by atoms with E-state index in [-0.39, 0.29) is 5.95 Å². The average Bonchev–Trinajstić information content (AvgIpc) is 2.25. The Hall–Kier alpha value is -1.63. The molecule has 0 bridgehead atoms. The van der Waals surface area contributed by atoms with Crippen LogP contribution in [0.5, 0.6) is 0 Å². The van der Waals surface area contributed by atoms with Crippen LogP contribution >= 0.6 is 0 Å². The minimum atomic E-state index is -0.416. The number of aliphatic hydroxyl groups excluding tert-OH is 1. The Kier molecular flexibility index (Phi) is 4.24. The van der Waals surface area contributed by atoms with Gasteiger partial charge >= 0.3 is 0 Å². The van der Waals surface area contributed by atoms with Crippen LogP contribution in [0.15, 0.2) is 0 Å². The first-order chi connectivity index (χ1) is 7.52. The predicted octanol–water partition coefficient (Wildman–Crippen LogP) is -0.297. The summed E-state index contributed by atoms with van der Waals surface area (Å²) in [4.78, 5) is 13.8. The van der Waals surface area contributed by atoms with Gasteiger partial charge in [-0.05, 0) is 6.42 Å². The van der Waals surface area contributed by atoms with Crippen molar-refractivity contribution in [2.45, 2.75) is 19.4 Å². The number of nitrogens with one attached hydrogen (secondary N) is 1. The fraction of sp³-hybridized carbons (Fsp3) is 0.667. The van der Waals surface area contributed by atoms with Gasteiger partial charge in [0, 0.05) is 20.6 Å². The molecule has 90 valence electrons. The van der Waals surface area contributed by atoms with Crippen LogP contribution in [0, 0.1) is 0 Å². The number of rotatable bonds is 5. The van der Waals surface area contributed by atoms with Crippen LogP contribution in [0.3, 0.4) is 0 Å². The maximum Gasteiger partial charge on any atom is 0.231 e. The van der Waals surface area contributed by atoms with Crippen molar-refractivity contribution >= 4 is 17.8 Å². The molecule has 0 aliphatic carbocycles. The summed E-state index contributed by atoms with van der Waals surface area (Å²) in [6.07, 6.45) is 0.259. The Morgan fingerprint density at radius 2 is 2.06 bits per heavy atom. The first-order valence-corrected chi connectivity index (χ1v) is 5.13. The second-order valence-corrected chi connectivity index (χ2v) is 3.65. The van der Waals surface area contributed by atoms with Gasteiger partial charge in [0.15, 0.2) is 0 Å². The molecule has 7 heteroatoms. The highest BCUT2D eigenvalue weighted by molar-refractivity contribution is 5.40. The molecule has 1 aromatic heterocycles. The summed E-state index contributed by atoms with van der Waals surface area (Å²) in [5, 5.41) is 12.3. The number of nitrogens with zero attached hydrogens (tertiary/aromatic N) is 4. The molecule has 1 rings (SSSR count). The molecule has 0 aliphatic heterocycles. The number of nitrogens with two attached hydrogens (primary N) is 1. The van der Waals surface area contributed by atoms with Crippen LogP contribution in [0.4, 0.5) is 17.8 Å². The van der Waals surface area contributed by atoms with Crippen LogP contribution in [-0.4, -0.2) is 46.8 Å². The molecule has 0 radical (unpaired) electrons. The highest BCUT2D eigenvalue weighted by Crippen LogP contribution is 2.08. The molecule has 0 saturated heterocycles. The van der Waals surface area contributed by atoms with E-state index in [4.69, 9.17) is 5.73 Å². The van der Waals surface area contributed by atoms with Crippen LogP contribution < -0.4 is 16.0 Å². The third-order valence-corrected chi connectivity index (χ3v) is 2.01. The molecule has 1 aromatic rings. The minimum Gasteiger partial charge on any atom is -0.391 e. The van der Waals surface area contributed by atoms with Gasteiger partial charge in [0.05, 0.1) is 6.10 Å². The van der Waals surface area contributed by atoms with Gasteiger partial charge in [-0.3, -0.25) is 0 Å². The molecule has 0 amide bonds. The number of aromatic nitrogens is 3. The number of anilines is 3. The van der Waals surface area contributed by atoms with E-state index in [0.29, 0.717) is 24.9 Å². The maximum atomic E-state index is 9.39. The smallest absolute Gasteiger partial charge is 0.231 e. The van der Waals surface area contributed by atoms with E-state index < -0.39 is 6.10 Å². The molecule has 4 N–H and O–H groups in total. The molecular weight excluding hydrogens is 208 g/mol. The fourth-order valence-corrected chi connectivity index (χ4v) is 1.01. The van der Waals surface area contributed by atoms with Crippen molar-refractivity contribution in [1.82, 2.24) is 15.0 Å². The van der Waals surface area contributed by atoms with E-state index >= 15 is 0 Å². The van der Waals surface area contributed by atoms with Crippen molar-refractivity contribution in [3.05, 3.63) is 0 Å². The summed E-state index contributed by atoms with van der Waals surface area (Å²) in [5.74, 6) is 1.02. The quantitative estimate of drug-likeness (QED) is 0.634. The normalized spacial score (nSPS) is 12.2. The lowest BCUT2D eigenvalue weighted by atomic mass is 10.3. The molecule has 0 fully saturated rings. The molecule has 0 saturated carbocycles. The molecule has 7 nitrogen and oxygen atoms in total. The largest absolute Gasteiger partial charge is 0.391 e. The van der Waals surface area contributed by atoms with Gasteiger partial charge in [0.2, 0.25) is 17.8 Å². The molecule has 0 aliphatic rings. The highest BCUT2D eigenvalue weighted by Gasteiger charge is 2.07. The van der Waals surface area contributed by atoms with E-state index in [2.05, 4.69) is 20.3 Å². The molecule has 1 atom stereocenters. The van der Waals surface area contributed by atoms with Gasteiger partial charge in [0.1, 0.15) is 0 Å². The summed E-state index contributed by atoms with van der Waals surface area (Å²) < 4.78 is 0. The number of aliphatic hydroxyl groups is 1. The molecule has 16 heavy (non-hydrogen) atoms. The second-order valence-electron chi connectivity index (χ2n) is 3.65. The van der Waals surface area contributed by atoms with Gasteiger partial charge in [-0.25, -0.2) is 0 Å². The van der Waals surface area contributed by atoms with Crippen LogP contribution in [0.1, 0.15) is 13.3 Å². The Bertz CT molecular complexity index is 343. The lowest BCUT2D eigenvalue weighted by Gasteiger charge is -2.13. The molecular formula is C9H18N6O. The first kappa shape index (κ1) is 12.4. The minimum absolute atomic E-state index is 0.159. The van der Waals surface area contributed by atoms with Gasteiger partial charge in [-0.15, -0.1) is 0 Å². The zero-order valence-electron chi connectivity index (χ0n) is 9.80. The van der Waals surface area contributed by atoms with Crippen molar-refractivity contribution in [3.8, 4) is 0 Å². The SMILES string of the molecule is CCC(O)CNc1nc(N)nc(N(C)C)n1. The summed E-state index contributed by atoms with van der Waals surface area (Å²) in [7, 11) is 3.64. The average molecular weight is 226 g/mol. The van der Waals surface area contributed by atoms with E-state index in [0.717, 1.165) is 0 Å². The summed E-state index contributed by atoms with van der Waals surface area (Å²) in [6.45, 7) is 2.30. The maximum absolute atomic E-state index is 9.39. The number of hydrogen-bond acceptors (Lipinski definition) is 7.